The van der Waals surface area contributed by atoms with Crippen LogP contribution in [0.4, 0.5) is 4.39 Å². The number of hydrogen-bond donors (Lipinski definition) is 3. The summed E-state index contributed by atoms with van der Waals surface area (Å²) in [6.07, 6.45) is 0.906. The fraction of sp³-hybridized carbons (Fsp3) is 0.263. The zero-order valence-corrected chi connectivity index (χ0v) is 16.4. The molecule has 0 saturated heterocycles. The summed E-state index contributed by atoms with van der Waals surface area (Å²) in [5, 5.41) is 31.7. The topological polar surface area (TPSA) is 120 Å². The lowest BCUT2D eigenvalue weighted by Crippen LogP contribution is -2.36. The normalized spacial score (nSPS) is 13.0. The van der Waals surface area contributed by atoms with Gasteiger partial charge in [0.15, 0.2) is 5.82 Å². The first kappa shape index (κ1) is 20.5. The maximum absolute atomic E-state index is 14.4. The molecule has 1 aromatic carbocycles. The molecule has 2 aromatic heterocycles. The van der Waals surface area contributed by atoms with Crippen LogP contribution in [-0.4, -0.2) is 37.0 Å². The number of amides is 1. The number of rotatable bonds is 6. The summed E-state index contributed by atoms with van der Waals surface area (Å²) < 4.78 is 16.0. The number of H-pyrrole nitrogens is 1. The third-order valence-electron chi connectivity index (χ3n) is 4.24. The van der Waals surface area contributed by atoms with Crippen LogP contribution in [-0.2, 0) is 6.54 Å². The zero-order chi connectivity index (χ0) is 21.1. The van der Waals surface area contributed by atoms with Gasteiger partial charge in [-0.2, -0.15) is 15.5 Å². The summed E-state index contributed by atoms with van der Waals surface area (Å²) in [7, 11) is 0. The van der Waals surface area contributed by atoms with Gasteiger partial charge >= 0.3 is 0 Å². The largest absolute Gasteiger partial charge is 0.387 e. The van der Waals surface area contributed by atoms with Gasteiger partial charge in [-0.3, -0.25) is 14.6 Å². The van der Waals surface area contributed by atoms with Crippen molar-refractivity contribution in [3.8, 4) is 17.3 Å². The molecule has 3 rings (SSSR count). The Morgan fingerprint density at radius 3 is 2.86 bits per heavy atom. The third-order valence-corrected chi connectivity index (χ3v) is 4.61. The molecule has 2 unspecified atom stereocenters. The third kappa shape index (κ3) is 4.45. The van der Waals surface area contributed by atoms with E-state index in [-0.39, 0.29) is 27.9 Å². The van der Waals surface area contributed by atoms with E-state index in [1.165, 1.54) is 18.2 Å². The van der Waals surface area contributed by atoms with Crippen molar-refractivity contribution in [1.82, 2.24) is 25.3 Å². The van der Waals surface area contributed by atoms with Crippen LogP contribution in [0.2, 0.25) is 5.02 Å². The lowest BCUT2D eigenvalue weighted by atomic mass is 10.1. The molecule has 0 aliphatic heterocycles. The van der Waals surface area contributed by atoms with Gasteiger partial charge in [-0.25, -0.2) is 4.39 Å². The van der Waals surface area contributed by atoms with Crippen LogP contribution >= 0.6 is 11.6 Å². The number of aromatic nitrogens is 4. The van der Waals surface area contributed by atoms with E-state index < -0.39 is 17.8 Å². The highest BCUT2D eigenvalue weighted by Crippen LogP contribution is 2.29. The van der Waals surface area contributed by atoms with Gasteiger partial charge in [0, 0.05) is 17.8 Å². The fourth-order valence-corrected chi connectivity index (χ4v) is 2.94. The predicted molar refractivity (Wildman–Crippen MR) is 103 cm³/mol. The first-order chi connectivity index (χ1) is 13.8. The Kier molecular flexibility index (Phi) is 5.96. The predicted octanol–water partition coefficient (Wildman–Crippen LogP) is 2.81. The second kappa shape index (κ2) is 8.43. The monoisotopic (exact) mass is 416 g/mol. The highest BCUT2D eigenvalue weighted by Gasteiger charge is 2.17. The Morgan fingerprint density at radius 1 is 1.45 bits per heavy atom. The Hall–Kier alpha value is -3.22. The number of hydrogen-bond acceptors (Lipinski definition) is 5. The van der Waals surface area contributed by atoms with Gasteiger partial charge < -0.3 is 10.4 Å². The molecule has 2 heterocycles. The lowest BCUT2D eigenvalue weighted by Gasteiger charge is -2.13. The van der Waals surface area contributed by atoms with Crippen molar-refractivity contribution >= 4 is 17.5 Å². The number of aliphatic hydroxyl groups excluding tert-OH is 1. The molecule has 0 radical (unpaired) electrons. The van der Waals surface area contributed by atoms with Gasteiger partial charge in [0.1, 0.15) is 11.8 Å². The van der Waals surface area contributed by atoms with Gasteiger partial charge in [-0.05, 0) is 38.1 Å². The first-order valence-electron chi connectivity index (χ1n) is 8.76. The first-order valence-corrected chi connectivity index (χ1v) is 9.14. The summed E-state index contributed by atoms with van der Waals surface area (Å²) in [6, 6.07) is 7.53. The molecule has 2 atom stereocenters. The molecule has 29 heavy (non-hydrogen) atoms. The van der Waals surface area contributed by atoms with E-state index in [1.807, 2.05) is 6.07 Å². The summed E-state index contributed by atoms with van der Waals surface area (Å²) in [5.74, 6) is -1.09. The van der Waals surface area contributed by atoms with Crippen LogP contribution in [0, 0.1) is 17.1 Å². The van der Waals surface area contributed by atoms with Crippen molar-refractivity contribution in [2.24, 2.45) is 0 Å². The SMILES string of the molecule is CC(Cn1ccc(-c2ccc(C#N)c(Cl)c2F)n1)NC(=O)c1cc(C(C)O)[nH]n1. The number of benzene rings is 1. The van der Waals surface area contributed by atoms with Crippen LogP contribution in [0.25, 0.3) is 11.3 Å². The van der Waals surface area contributed by atoms with Gasteiger partial charge in [-0.1, -0.05) is 11.6 Å². The van der Waals surface area contributed by atoms with Crippen LogP contribution in [0.15, 0.2) is 30.5 Å². The zero-order valence-electron chi connectivity index (χ0n) is 15.6. The highest BCUT2D eigenvalue weighted by molar-refractivity contribution is 6.32. The average molecular weight is 417 g/mol. The van der Waals surface area contributed by atoms with Crippen molar-refractivity contribution in [2.75, 3.05) is 0 Å². The maximum atomic E-state index is 14.4. The van der Waals surface area contributed by atoms with Crippen molar-refractivity contribution in [2.45, 2.75) is 32.5 Å². The smallest absolute Gasteiger partial charge is 0.272 e. The molecule has 0 aliphatic rings. The quantitative estimate of drug-likeness (QED) is 0.570. The molecule has 1 amide bonds. The molecule has 3 aromatic rings. The lowest BCUT2D eigenvalue weighted by molar-refractivity contribution is 0.0931. The Bertz CT molecular complexity index is 1080. The van der Waals surface area contributed by atoms with Crippen LogP contribution in [0.3, 0.4) is 0 Å². The Balaban J connectivity index is 1.67. The summed E-state index contributed by atoms with van der Waals surface area (Å²) in [5.41, 5.74) is 1.22. The summed E-state index contributed by atoms with van der Waals surface area (Å²) in [6.45, 7) is 3.70. The number of aliphatic hydroxyl groups is 1. The van der Waals surface area contributed by atoms with E-state index in [0.29, 0.717) is 17.9 Å². The average Bonchev–Trinajstić information content (AvgIpc) is 3.33. The second-order valence-corrected chi connectivity index (χ2v) is 6.96. The molecule has 10 heteroatoms. The molecule has 0 aliphatic carbocycles. The number of nitrogens with one attached hydrogen (secondary N) is 2. The summed E-state index contributed by atoms with van der Waals surface area (Å²) in [4.78, 5) is 12.3. The number of carbonyl (C=O) groups is 1. The standard InChI is InChI=1S/C19H18ClFN6O2/c1-10(23-19(29)16-7-15(11(2)28)24-25-16)9-27-6-5-14(26-27)13-4-3-12(8-22)17(20)18(13)21/h3-7,10-11,28H,9H2,1-2H3,(H,23,29)(H,24,25). The molecule has 0 saturated carbocycles. The van der Waals surface area contributed by atoms with Gasteiger partial charge in [0.2, 0.25) is 0 Å². The molecule has 8 nitrogen and oxygen atoms in total. The maximum Gasteiger partial charge on any atom is 0.272 e. The van der Waals surface area contributed by atoms with Crippen molar-refractivity contribution in [3.63, 3.8) is 0 Å². The minimum absolute atomic E-state index is 0.0563. The van der Waals surface area contributed by atoms with Crippen LogP contribution in [0.5, 0.6) is 0 Å². The highest BCUT2D eigenvalue weighted by atomic mass is 35.5. The number of nitrogens with zero attached hydrogens (tertiary/aromatic N) is 4. The Morgan fingerprint density at radius 2 is 2.21 bits per heavy atom. The van der Waals surface area contributed by atoms with Crippen molar-refractivity contribution in [1.29, 1.82) is 5.26 Å². The number of carbonyl (C=O) groups excluding carboxylic acids is 1. The van der Waals surface area contributed by atoms with Crippen molar-refractivity contribution < 1.29 is 14.3 Å². The van der Waals surface area contributed by atoms with Gasteiger partial charge in [0.05, 0.1) is 34.6 Å². The minimum atomic E-state index is -0.750. The van der Waals surface area contributed by atoms with E-state index in [9.17, 15) is 14.3 Å². The van der Waals surface area contributed by atoms with Crippen LogP contribution < -0.4 is 5.32 Å². The number of halogens is 2. The molecule has 3 N–H and O–H groups in total. The van der Waals surface area contributed by atoms with E-state index in [0.717, 1.165) is 0 Å². The number of aromatic amines is 1. The second-order valence-electron chi connectivity index (χ2n) is 6.58. The minimum Gasteiger partial charge on any atom is -0.387 e. The van der Waals surface area contributed by atoms with Gasteiger partial charge in [-0.15, -0.1) is 0 Å². The van der Waals surface area contributed by atoms with E-state index >= 15 is 0 Å². The van der Waals surface area contributed by atoms with Crippen LogP contribution in [0.1, 0.15) is 41.7 Å². The van der Waals surface area contributed by atoms with E-state index in [1.54, 1.807) is 30.8 Å². The number of nitriles is 1. The molecular formula is C19H18ClFN6O2. The van der Waals surface area contributed by atoms with Crippen molar-refractivity contribution in [3.05, 3.63) is 58.3 Å². The molecule has 0 bridgehead atoms. The van der Waals surface area contributed by atoms with Gasteiger partial charge in [0.25, 0.3) is 5.91 Å². The van der Waals surface area contributed by atoms with E-state index in [2.05, 4.69) is 20.6 Å². The molecule has 0 spiro atoms. The molecule has 0 fully saturated rings. The molecule has 150 valence electrons. The Labute approximate surface area is 170 Å². The molecular weight excluding hydrogens is 399 g/mol. The fourth-order valence-electron chi connectivity index (χ4n) is 2.73. The summed E-state index contributed by atoms with van der Waals surface area (Å²) >= 11 is 5.87. The van der Waals surface area contributed by atoms with E-state index in [4.69, 9.17) is 16.9 Å².